The molecule has 60 valence electrons. The van der Waals surface area contributed by atoms with Gasteiger partial charge in [-0.25, -0.2) is 0 Å². The summed E-state index contributed by atoms with van der Waals surface area (Å²) in [7, 11) is 0. The third kappa shape index (κ3) is 2.04. The van der Waals surface area contributed by atoms with Crippen LogP contribution in [0, 0.1) is 0 Å². The first kappa shape index (κ1) is 8.74. The second kappa shape index (κ2) is 3.88. The second-order valence-electron chi connectivity index (χ2n) is 2.00. The highest BCUT2D eigenvalue weighted by atomic mass is 79.9. The molecule has 0 radical (unpaired) electrons. The van der Waals surface area contributed by atoms with E-state index in [-0.39, 0.29) is 0 Å². The van der Waals surface area contributed by atoms with Crippen LogP contribution in [-0.2, 0) is 0 Å². The largest absolute Gasteiger partial charge is 0.411 e. The average Bonchev–Trinajstić information content (AvgIpc) is 2.39. The van der Waals surface area contributed by atoms with Gasteiger partial charge in [-0.3, -0.25) is 0 Å². The lowest BCUT2D eigenvalue weighted by Crippen LogP contribution is -1.93. The summed E-state index contributed by atoms with van der Waals surface area (Å²) in [6.07, 6.45) is 0.753. The number of thiophene rings is 1. The lowest BCUT2D eigenvalue weighted by atomic mass is 10.2. The first-order chi connectivity index (χ1) is 5.27. The van der Waals surface area contributed by atoms with E-state index in [0.717, 1.165) is 20.8 Å². The Kier molecular flexibility index (Phi) is 3.08. The summed E-state index contributed by atoms with van der Waals surface area (Å²) in [6.45, 7) is 1.96. The van der Waals surface area contributed by atoms with Crippen molar-refractivity contribution in [2.24, 2.45) is 5.16 Å². The molecule has 1 aromatic rings. The monoisotopic (exact) mass is 233 g/mol. The van der Waals surface area contributed by atoms with Crippen molar-refractivity contribution < 1.29 is 5.21 Å². The van der Waals surface area contributed by atoms with Crippen LogP contribution < -0.4 is 0 Å². The maximum absolute atomic E-state index is 8.57. The zero-order valence-electron chi connectivity index (χ0n) is 6.04. The molecule has 2 nitrogen and oxygen atoms in total. The van der Waals surface area contributed by atoms with E-state index in [1.165, 1.54) is 0 Å². The van der Waals surface area contributed by atoms with Gasteiger partial charge in [0.15, 0.2) is 0 Å². The smallest absolute Gasteiger partial charge is 0.0964 e. The molecule has 4 heteroatoms. The summed E-state index contributed by atoms with van der Waals surface area (Å²) >= 11 is 4.91. The van der Waals surface area contributed by atoms with Gasteiger partial charge in [0.25, 0.3) is 0 Å². The minimum Gasteiger partial charge on any atom is -0.411 e. The lowest BCUT2D eigenvalue weighted by Gasteiger charge is -1.93. The molecule has 0 amide bonds. The van der Waals surface area contributed by atoms with Gasteiger partial charge in [0.05, 0.1) is 14.4 Å². The quantitative estimate of drug-likeness (QED) is 0.476. The van der Waals surface area contributed by atoms with Crippen LogP contribution in [0.1, 0.15) is 18.2 Å². The molecule has 0 aromatic carbocycles. The molecule has 1 heterocycles. The van der Waals surface area contributed by atoms with Gasteiger partial charge in [0.1, 0.15) is 0 Å². The van der Waals surface area contributed by atoms with Crippen molar-refractivity contribution in [3.05, 3.63) is 20.8 Å². The molecule has 11 heavy (non-hydrogen) atoms. The normalized spacial score (nSPS) is 12.0. The second-order valence-corrected chi connectivity index (χ2v) is 4.47. The summed E-state index contributed by atoms with van der Waals surface area (Å²) in [5.74, 6) is 0. The molecule has 1 aromatic heterocycles. The molecule has 1 rings (SSSR count). The van der Waals surface area contributed by atoms with Crippen LogP contribution in [0.3, 0.4) is 0 Å². The summed E-state index contributed by atoms with van der Waals surface area (Å²) in [5, 5.41) is 11.8. The molecule has 0 atom stereocenters. The Hall–Kier alpha value is -0.350. The van der Waals surface area contributed by atoms with Crippen LogP contribution in [0.25, 0.3) is 0 Å². The molecular weight excluding hydrogens is 226 g/mol. The fraction of sp³-hybridized carbons (Fsp3) is 0.286. The molecule has 0 aliphatic carbocycles. The maximum atomic E-state index is 8.57. The van der Waals surface area contributed by atoms with E-state index in [4.69, 9.17) is 5.21 Å². The van der Waals surface area contributed by atoms with Gasteiger partial charge in [-0.2, -0.15) is 0 Å². The van der Waals surface area contributed by atoms with E-state index in [1.54, 1.807) is 11.3 Å². The van der Waals surface area contributed by atoms with Gasteiger partial charge in [0.2, 0.25) is 0 Å². The highest BCUT2D eigenvalue weighted by Gasteiger charge is 2.03. The third-order valence-corrected chi connectivity index (χ3v) is 2.99. The van der Waals surface area contributed by atoms with Crippen LogP contribution >= 0.6 is 27.3 Å². The van der Waals surface area contributed by atoms with Gasteiger partial charge < -0.3 is 5.21 Å². The molecular formula is C7H8BrNOS. The molecule has 0 unspecified atom stereocenters. The Morgan fingerprint density at radius 2 is 2.45 bits per heavy atom. The SMILES string of the molecule is CC/C(=N/O)c1ccc(Br)s1. The molecule has 0 fully saturated rings. The zero-order chi connectivity index (χ0) is 8.27. The van der Waals surface area contributed by atoms with Gasteiger partial charge in [-0.05, 0) is 34.5 Å². The summed E-state index contributed by atoms with van der Waals surface area (Å²) in [6, 6.07) is 3.88. The average molecular weight is 234 g/mol. The highest BCUT2D eigenvalue weighted by Crippen LogP contribution is 2.23. The molecule has 0 bridgehead atoms. The molecule has 0 saturated heterocycles. The highest BCUT2D eigenvalue weighted by molar-refractivity contribution is 9.11. The van der Waals surface area contributed by atoms with Gasteiger partial charge in [0, 0.05) is 0 Å². The topological polar surface area (TPSA) is 32.6 Å². The van der Waals surface area contributed by atoms with Crippen LogP contribution in [0.15, 0.2) is 21.1 Å². The van der Waals surface area contributed by atoms with Crippen LogP contribution in [0.4, 0.5) is 0 Å². The Labute approximate surface area is 77.7 Å². The van der Waals surface area contributed by atoms with Crippen LogP contribution in [0.2, 0.25) is 0 Å². The van der Waals surface area contributed by atoms with Crippen molar-refractivity contribution in [1.82, 2.24) is 0 Å². The van der Waals surface area contributed by atoms with Crippen LogP contribution in [0.5, 0.6) is 0 Å². The summed E-state index contributed by atoms with van der Waals surface area (Å²) in [4.78, 5) is 1.02. The predicted octanol–water partition coefficient (Wildman–Crippen LogP) is 3.10. The Morgan fingerprint density at radius 3 is 2.82 bits per heavy atom. The molecule has 0 aliphatic heterocycles. The number of hydrogen-bond acceptors (Lipinski definition) is 3. The van der Waals surface area contributed by atoms with Crippen LogP contribution in [-0.4, -0.2) is 10.9 Å². The minimum atomic E-state index is 0.737. The van der Waals surface area contributed by atoms with Gasteiger partial charge in [-0.1, -0.05) is 12.1 Å². The number of oxime groups is 1. The van der Waals surface area contributed by atoms with Crippen molar-refractivity contribution in [3.8, 4) is 0 Å². The molecule has 0 aliphatic rings. The van der Waals surface area contributed by atoms with Crippen molar-refractivity contribution in [2.75, 3.05) is 0 Å². The Balaban J connectivity index is 2.91. The van der Waals surface area contributed by atoms with E-state index in [1.807, 2.05) is 19.1 Å². The number of halogens is 1. The number of rotatable bonds is 2. The zero-order valence-corrected chi connectivity index (χ0v) is 8.44. The lowest BCUT2D eigenvalue weighted by molar-refractivity contribution is 0.318. The first-order valence-corrected chi connectivity index (χ1v) is 4.85. The van der Waals surface area contributed by atoms with Crippen molar-refractivity contribution in [1.29, 1.82) is 0 Å². The van der Waals surface area contributed by atoms with E-state index < -0.39 is 0 Å². The molecule has 0 saturated carbocycles. The maximum Gasteiger partial charge on any atom is 0.0964 e. The fourth-order valence-corrected chi connectivity index (χ4v) is 2.20. The van der Waals surface area contributed by atoms with Gasteiger partial charge in [-0.15, -0.1) is 11.3 Å². The first-order valence-electron chi connectivity index (χ1n) is 3.24. The van der Waals surface area contributed by atoms with E-state index in [9.17, 15) is 0 Å². The van der Waals surface area contributed by atoms with Crippen molar-refractivity contribution >= 4 is 33.0 Å². The fourth-order valence-electron chi connectivity index (χ4n) is 0.764. The summed E-state index contributed by atoms with van der Waals surface area (Å²) < 4.78 is 1.06. The minimum absolute atomic E-state index is 0.737. The summed E-state index contributed by atoms with van der Waals surface area (Å²) in [5.41, 5.74) is 0.737. The number of hydrogen-bond donors (Lipinski definition) is 1. The number of nitrogens with zero attached hydrogens (tertiary/aromatic N) is 1. The van der Waals surface area contributed by atoms with Gasteiger partial charge >= 0.3 is 0 Å². The van der Waals surface area contributed by atoms with E-state index in [2.05, 4.69) is 21.1 Å². The van der Waals surface area contributed by atoms with Crippen molar-refractivity contribution in [3.63, 3.8) is 0 Å². The Bertz CT molecular complexity index is 269. The molecule has 0 spiro atoms. The van der Waals surface area contributed by atoms with E-state index in [0.29, 0.717) is 0 Å². The predicted molar refractivity (Wildman–Crippen MR) is 50.6 cm³/mol. The Morgan fingerprint density at radius 1 is 1.73 bits per heavy atom. The van der Waals surface area contributed by atoms with E-state index >= 15 is 0 Å². The third-order valence-electron chi connectivity index (χ3n) is 1.31. The van der Waals surface area contributed by atoms with Crippen molar-refractivity contribution in [2.45, 2.75) is 13.3 Å². The standard InChI is InChI=1S/C7H8BrNOS/c1-2-5(9-10)6-3-4-7(8)11-6/h3-4,10H,2H2,1H3/b9-5-. The molecule has 1 N–H and O–H groups in total.